The lowest BCUT2D eigenvalue weighted by Crippen LogP contribution is -2.41. The molecule has 0 amide bonds. The van der Waals surface area contributed by atoms with Gasteiger partial charge in [0.25, 0.3) is 0 Å². The molecule has 0 heterocycles. The second kappa shape index (κ2) is 6.98. The van der Waals surface area contributed by atoms with Crippen LogP contribution in [0, 0.1) is 17.3 Å². The molecule has 2 saturated carbocycles. The number of ether oxygens (including phenoxy) is 1. The first-order valence-electron chi connectivity index (χ1n) is 7.50. The number of carbonyl (C=O) groups excluding carboxylic acids is 1. The summed E-state index contributed by atoms with van der Waals surface area (Å²) in [6.07, 6.45) is 8.25. The van der Waals surface area contributed by atoms with Crippen molar-refractivity contribution in [3.8, 4) is 0 Å². The minimum absolute atomic E-state index is 0.112. The largest absolute Gasteiger partial charge is 0.464 e. The Morgan fingerprint density at radius 2 is 2.20 bits per heavy atom. The number of rotatable bonds is 5. The normalized spacial score (nSPS) is 33.8. The molecular formula is C15H24I2O3. The van der Waals surface area contributed by atoms with Gasteiger partial charge in [-0.05, 0) is 50.9 Å². The van der Waals surface area contributed by atoms with Crippen LogP contribution in [0.5, 0.6) is 0 Å². The summed E-state index contributed by atoms with van der Waals surface area (Å²) in [5.74, 6) is 1.28. The molecule has 3 atom stereocenters. The Morgan fingerprint density at radius 3 is 2.85 bits per heavy atom. The highest BCUT2D eigenvalue weighted by Crippen LogP contribution is 2.52. The van der Waals surface area contributed by atoms with Crippen LogP contribution < -0.4 is 0 Å². The van der Waals surface area contributed by atoms with E-state index in [1.165, 1.54) is 32.1 Å². The molecule has 0 aromatic heterocycles. The van der Waals surface area contributed by atoms with Crippen molar-refractivity contribution in [1.82, 2.24) is 0 Å². The summed E-state index contributed by atoms with van der Waals surface area (Å²) in [6.45, 7) is 2.74. The average molecular weight is 506 g/mol. The van der Waals surface area contributed by atoms with Crippen molar-refractivity contribution in [2.45, 2.75) is 53.3 Å². The van der Waals surface area contributed by atoms with E-state index in [1.807, 2.05) is 6.92 Å². The lowest BCUT2D eigenvalue weighted by atomic mass is 9.59. The molecule has 2 rings (SSSR count). The minimum Gasteiger partial charge on any atom is -0.464 e. The standard InChI is InChI=1S/C15H24I2O3/c1-14(16,17)13(19)20-10-15-5-2-3-11(8-15)7-12(9-15)4-6-18/h11-12,18H,2-10H2,1H3. The van der Waals surface area contributed by atoms with E-state index < -0.39 is 1.43 Å². The Balaban J connectivity index is 1.97. The molecule has 2 bridgehead atoms. The number of esters is 1. The number of carbonyl (C=O) groups is 1. The number of hydrogen-bond donors (Lipinski definition) is 1. The predicted molar refractivity (Wildman–Crippen MR) is 96.2 cm³/mol. The molecule has 116 valence electrons. The first-order chi connectivity index (χ1) is 9.35. The summed E-state index contributed by atoms with van der Waals surface area (Å²) >= 11 is 4.26. The monoisotopic (exact) mass is 506 g/mol. The molecule has 3 unspecified atom stereocenters. The summed E-state index contributed by atoms with van der Waals surface area (Å²) in [7, 11) is 0. The Morgan fingerprint density at radius 1 is 1.45 bits per heavy atom. The van der Waals surface area contributed by atoms with Crippen LogP contribution in [0.3, 0.4) is 0 Å². The van der Waals surface area contributed by atoms with E-state index in [0.717, 1.165) is 18.8 Å². The number of hydrogen-bond acceptors (Lipinski definition) is 3. The van der Waals surface area contributed by atoms with Gasteiger partial charge in [-0.2, -0.15) is 0 Å². The smallest absolute Gasteiger partial charge is 0.331 e. The van der Waals surface area contributed by atoms with Crippen molar-refractivity contribution in [1.29, 1.82) is 0 Å². The van der Waals surface area contributed by atoms with E-state index in [-0.39, 0.29) is 18.0 Å². The summed E-state index contributed by atoms with van der Waals surface area (Å²) in [4.78, 5) is 12.0. The summed E-state index contributed by atoms with van der Waals surface area (Å²) in [5.41, 5.74) is 0.190. The van der Waals surface area contributed by atoms with Gasteiger partial charge in [-0.3, -0.25) is 0 Å². The van der Waals surface area contributed by atoms with Gasteiger partial charge in [-0.15, -0.1) is 0 Å². The van der Waals surface area contributed by atoms with E-state index in [4.69, 9.17) is 4.74 Å². The van der Waals surface area contributed by atoms with E-state index in [9.17, 15) is 9.90 Å². The van der Waals surface area contributed by atoms with Crippen molar-refractivity contribution in [3.05, 3.63) is 0 Å². The van der Waals surface area contributed by atoms with Crippen LogP contribution in [0.2, 0.25) is 0 Å². The van der Waals surface area contributed by atoms with E-state index in [0.29, 0.717) is 12.5 Å². The molecule has 0 aromatic rings. The van der Waals surface area contributed by atoms with Crippen molar-refractivity contribution < 1.29 is 14.6 Å². The highest BCUT2D eigenvalue weighted by Gasteiger charge is 2.44. The first-order valence-corrected chi connectivity index (χ1v) is 9.66. The van der Waals surface area contributed by atoms with Gasteiger partial charge in [0, 0.05) is 12.0 Å². The fourth-order valence-electron chi connectivity index (χ4n) is 4.07. The molecule has 0 aromatic carbocycles. The van der Waals surface area contributed by atoms with Crippen molar-refractivity contribution in [2.24, 2.45) is 17.3 Å². The van der Waals surface area contributed by atoms with Gasteiger partial charge in [0.05, 0.1) is 6.61 Å². The zero-order valence-electron chi connectivity index (χ0n) is 12.0. The zero-order chi connectivity index (χ0) is 14.8. The van der Waals surface area contributed by atoms with Gasteiger partial charge < -0.3 is 9.84 Å². The van der Waals surface area contributed by atoms with E-state index in [1.54, 1.807) is 0 Å². The third kappa shape index (κ3) is 4.44. The Bertz CT molecular complexity index is 354. The zero-order valence-corrected chi connectivity index (χ0v) is 16.4. The van der Waals surface area contributed by atoms with Gasteiger partial charge in [0.1, 0.15) is 0 Å². The number of aliphatic hydroxyl groups excluding tert-OH is 1. The maximum Gasteiger partial charge on any atom is 0.331 e. The van der Waals surface area contributed by atoms with Crippen LogP contribution in [0.4, 0.5) is 0 Å². The molecule has 0 saturated heterocycles. The fourth-order valence-corrected chi connectivity index (χ4v) is 4.39. The van der Waals surface area contributed by atoms with E-state index >= 15 is 0 Å². The Labute approximate surface area is 148 Å². The molecule has 3 nitrogen and oxygen atoms in total. The Hall–Kier alpha value is 0.890. The second-order valence-electron chi connectivity index (χ2n) is 6.75. The van der Waals surface area contributed by atoms with Crippen LogP contribution in [0.1, 0.15) is 51.9 Å². The molecule has 2 fully saturated rings. The molecule has 2 aliphatic rings. The summed E-state index contributed by atoms with van der Waals surface area (Å²) < 4.78 is 5.16. The minimum atomic E-state index is -0.473. The lowest BCUT2D eigenvalue weighted by Gasteiger charge is -2.48. The number of halogens is 2. The first kappa shape index (κ1) is 17.2. The number of fused-ring (bicyclic) bond motifs is 2. The predicted octanol–water partition coefficient (Wildman–Crippen LogP) is 4.08. The van der Waals surface area contributed by atoms with Crippen LogP contribution >= 0.6 is 45.2 Å². The second-order valence-corrected chi connectivity index (χ2v) is 13.1. The van der Waals surface area contributed by atoms with Gasteiger partial charge >= 0.3 is 5.97 Å². The molecule has 5 heteroatoms. The number of alkyl halides is 2. The van der Waals surface area contributed by atoms with Gasteiger partial charge in [-0.1, -0.05) is 58.0 Å². The lowest BCUT2D eigenvalue weighted by molar-refractivity contribution is -0.149. The van der Waals surface area contributed by atoms with Gasteiger partial charge in [0.2, 0.25) is 0 Å². The molecule has 1 N–H and O–H groups in total. The maximum atomic E-state index is 12.0. The molecular weight excluding hydrogens is 482 g/mol. The molecule has 0 aliphatic heterocycles. The third-order valence-corrected chi connectivity index (χ3v) is 5.72. The number of aliphatic hydroxyl groups is 1. The molecule has 0 spiro atoms. The van der Waals surface area contributed by atoms with Crippen LogP contribution in [-0.2, 0) is 9.53 Å². The van der Waals surface area contributed by atoms with Crippen molar-refractivity contribution in [3.63, 3.8) is 0 Å². The summed E-state index contributed by atoms with van der Waals surface area (Å²) in [5, 5.41) is 9.20. The average Bonchev–Trinajstić information content (AvgIpc) is 2.35. The fraction of sp³-hybridized carbons (Fsp3) is 0.933. The Kier molecular flexibility index (Phi) is 6.02. The van der Waals surface area contributed by atoms with Crippen LogP contribution in [0.25, 0.3) is 0 Å². The maximum absolute atomic E-state index is 12.0. The highest BCUT2D eigenvalue weighted by molar-refractivity contribution is 14.2. The van der Waals surface area contributed by atoms with Gasteiger partial charge in [0.15, 0.2) is 1.43 Å². The SMILES string of the molecule is CC(I)(I)C(=O)OCC12CCCC(CC(CCO)C1)C2. The molecule has 0 radical (unpaired) electrons. The van der Waals surface area contributed by atoms with Crippen molar-refractivity contribution in [2.75, 3.05) is 13.2 Å². The topological polar surface area (TPSA) is 46.5 Å². The van der Waals surface area contributed by atoms with Crippen molar-refractivity contribution >= 4 is 51.2 Å². The van der Waals surface area contributed by atoms with E-state index in [2.05, 4.69) is 45.2 Å². The summed E-state index contributed by atoms with van der Waals surface area (Å²) in [6, 6.07) is 0. The van der Waals surface area contributed by atoms with Gasteiger partial charge in [-0.25, -0.2) is 4.79 Å². The van der Waals surface area contributed by atoms with Crippen LogP contribution in [0.15, 0.2) is 0 Å². The molecule has 20 heavy (non-hydrogen) atoms. The third-order valence-electron chi connectivity index (χ3n) is 4.83. The highest BCUT2D eigenvalue weighted by atomic mass is 127. The molecule has 2 aliphatic carbocycles. The quantitative estimate of drug-likeness (QED) is 0.348. The van der Waals surface area contributed by atoms with Crippen LogP contribution in [-0.4, -0.2) is 25.7 Å².